The maximum absolute atomic E-state index is 8.77. The fourth-order valence-corrected chi connectivity index (χ4v) is 1.73. The van der Waals surface area contributed by atoms with Crippen LogP contribution < -0.4 is 0 Å². The molecular formula is C5H11ClO4S2. The fraction of sp³-hybridized carbons (Fsp3) is 0.800. The van der Waals surface area contributed by atoms with Gasteiger partial charge in [0.2, 0.25) is 0 Å². The monoisotopic (exact) mass is 234 g/mol. The minimum atomic E-state index is -1.36. The lowest BCUT2D eigenvalue weighted by atomic mass is 10.9. The Morgan fingerprint density at radius 2 is 1.42 bits per heavy atom. The molecule has 0 atom stereocenters. The Morgan fingerprint density at radius 1 is 1.17 bits per heavy atom. The highest BCUT2D eigenvalue weighted by Gasteiger charge is 1.85. The van der Waals surface area contributed by atoms with Crippen LogP contribution in [0.25, 0.3) is 0 Å². The first-order valence-electron chi connectivity index (χ1n) is 2.99. The quantitative estimate of drug-likeness (QED) is 0.378. The van der Waals surface area contributed by atoms with Gasteiger partial charge in [0, 0.05) is 23.1 Å². The second-order valence-corrected chi connectivity index (χ2v) is 4.37. The van der Waals surface area contributed by atoms with E-state index >= 15 is 0 Å². The summed E-state index contributed by atoms with van der Waals surface area (Å²) in [7, 11) is 3.17. The van der Waals surface area contributed by atoms with Crippen LogP contribution in [0.1, 0.15) is 0 Å². The van der Waals surface area contributed by atoms with Crippen molar-refractivity contribution in [2.45, 2.75) is 0 Å². The van der Waals surface area contributed by atoms with Crippen molar-refractivity contribution in [2.24, 2.45) is 0 Å². The first-order valence-corrected chi connectivity index (χ1v) is 5.86. The summed E-state index contributed by atoms with van der Waals surface area (Å²) in [6.07, 6.45) is 0. The molecule has 3 N–H and O–H groups in total. The molecule has 0 amide bonds. The van der Waals surface area contributed by atoms with E-state index in [2.05, 4.69) is 11.6 Å². The summed E-state index contributed by atoms with van der Waals surface area (Å²) >= 11 is 4.19. The fourth-order valence-electron chi connectivity index (χ4n) is 0.192. The molecule has 0 aliphatic heterocycles. The molecule has 74 valence electrons. The van der Waals surface area contributed by atoms with Gasteiger partial charge in [0.25, 0.3) is 0 Å². The number of hydrogen-bond acceptors (Lipinski definition) is 5. The SMILES string of the molecule is O=C(O)Cl.OCCSSCCO. The van der Waals surface area contributed by atoms with Crippen molar-refractivity contribution >= 4 is 38.6 Å². The van der Waals surface area contributed by atoms with Gasteiger partial charge in [-0.25, -0.2) is 4.79 Å². The summed E-state index contributed by atoms with van der Waals surface area (Å²) in [6, 6.07) is 0. The molecular weight excluding hydrogens is 224 g/mol. The average molecular weight is 235 g/mol. The smallest absolute Gasteiger partial charge is 0.401 e. The van der Waals surface area contributed by atoms with Gasteiger partial charge in [-0.15, -0.1) is 0 Å². The van der Waals surface area contributed by atoms with Crippen LogP contribution in [0.4, 0.5) is 4.79 Å². The van der Waals surface area contributed by atoms with Crippen molar-refractivity contribution in [3.8, 4) is 0 Å². The number of carboxylic acid groups (broad SMARTS) is 1. The number of rotatable bonds is 5. The predicted molar refractivity (Wildman–Crippen MR) is 53.0 cm³/mol. The number of aliphatic hydroxyl groups is 2. The lowest BCUT2D eigenvalue weighted by molar-refractivity contribution is 0.220. The lowest BCUT2D eigenvalue weighted by Gasteiger charge is -1.93. The third-order valence-electron chi connectivity index (χ3n) is 0.433. The minimum absolute atomic E-state index is 0.225. The third-order valence-corrected chi connectivity index (χ3v) is 2.80. The molecule has 0 aromatic heterocycles. The van der Waals surface area contributed by atoms with Crippen molar-refractivity contribution in [3.63, 3.8) is 0 Å². The second-order valence-electron chi connectivity index (χ2n) is 1.34. The standard InChI is InChI=1S/C4H10O2S2.CHClO2/c5-1-3-7-8-4-2-6;2-1(3)4/h5-6H,1-4H2;(H,3,4). The highest BCUT2D eigenvalue weighted by Crippen LogP contribution is 2.18. The molecule has 0 aromatic rings. The molecule has 0 unspecified atom stereocenters. The summed E-state index contributed by atoms with van der Waals surface area (Å²) in [6.45, 7) is 0.451. The highest BCUT2D eigenvalue weighted by atomic mass is 35.5. The first kappa shape index (κ1) is 14.9. The second kappa shape index (κ2) is 13.9. The zero-order valence-corrected chi connectivity index (χ0v) is 8.66. The summed E-state index contributed by atoms with van der Waals surface area (Å²) in [5.41, 5.74) is -1.36. The molecule has 4 nitrogen and oxygen atoms in total. The Morgan fingerprint density at radius 3 is 1.58 bits per heavy atom. The Bertz CT molecular complexity index is 93.4. The molecule has 0 heterocycles. The van der Waals surface area contributed by atoms with Gasteiger partial charge in [-0.2, -0.15) is 0 Å². The van der Waals surface area contributed by atoms with Gasteiger partial charge in [-0.3, -0.25) is 0 Å². The van der Waals surface area contributed by atoms with Gasteiger partial charge in [-0.05, 0) is 0 Å². The van der Waals surface area contributed by atoms with Crippen molar-refractivity contribution in [2.75, 3.05) is 24.7 Å². The summed E-state index contributed by atoms with van der Waals surface area (Å²) in [4.78, 5) is 8.77. The summed E-state index contributed by atoms with van der Waals surface area (Å²) in [5, 5.41) is 23.7. The summed E-state index contributed by atoms with van der Waals surface area (Å²) in [5.74, 6) is 1.51. The van der Waals surface area contributed by atoms with E-state index in [-0.39, 0.29) is 13.2 Å². The van der Waals surface area contributed by atoms with Crippen LogP contribution in [0.3, 0.4) is 0 Å². The van der Waals surface area contributed by atoms with Crippen LogP contribution >= 0.6 is 33.2 Å². The van der Waals surface area contributed by atoms with Crippen LogP contribution in [-0.2, 0) is 0 Å². The van der Waals surface area contributed by atoms with E-state index in [0.29, 0.717) is 0 Å². The number of hydrogen-bond donors (Lipinski definition) is 3. The van der Waals surface area contributed by atoms with Gasteiger partial charge in [0.15, 0.2) is 0 Å². The molecule has 0 radical (unpaired) electrons. The van der Waals surface area contributed by atoms with Crippen LogP contribution in [0.5, 0.6) is 0 Å². The van der Waals surface area contributed by atoms with Crippen molar-refractivity contribution < 1.29 is 20.1 Å². The van der Waals surface area contributed by atoms with Crippen LogP contribution in [0.2, 0.25) is 0 Å². The largest absolute Gasteiger partial charge is 0.469 e. The van der Waals surface area contributed by atoms with Crippen molar-refractivity contribution in [3.05, 3.63) is 0 Å². The minimum Gasteiger partial charge on any atom is -0.469 e. The van der Waals surface area contributed by atoms with Gasteiger partial charge in [0.1, 0.15) is 0 Å². The predicted octanol–water partition coefficient (Wildman–Crippen LogP) is 1.26. The van der Waals surface area contributed by atoms with Crippen molar-refractivity contribution in [1.82, 2.24) is 0 Å². The molecule has 0 spiro atoms. The average Bonchev–Trinajstić information content (AvgIpc) is 1.97. The van der Waals surface area contributed by atoms with Gasteiger partial charge >= 0.3 is 5.43 Å². The lowest BCUT2D eigenvalue weighted by Crippen LogP contribution is -1.85. The molecule has 12 heavy (non-hydrogen) atoms. The van der Waals surface area contributed by atoms with Gasteiger partial charge < -0.3 is 15.3 Å². The molecule has 0 rings (SSSR count). The number of carbonyl (C=O) groups is 1. The Kier molecular flexibility index (Phi) is 17.3. The zero-order valence-electron chi connectivity index (χ0n) is 6.27. The van der Waals surface area contributed by atoms with Crippen molar-refractivity contribution in [1.29, 1.82) is 0 Å². The van der Waals surface area contributed by atoms with Crippen LogP contribution in [-0.4, -0.2) is 45.5 Å². The Labute approximate surface area is 83.7 Å². The van der Waals surface area contributed by atoms with Gasteiger partial charge in [-0.1, -0.05) is 21.6 Å². The van der Waals surface area contributed by atoms with E-state index in [4.69, 9.17) is 20.1 Å². The van der Waals surface area contributed by atoms with E-state index in [1.165, 1.54) is 0 Å². The van der Waals surface area contributed by atoms with Crippen LogP contribution in [0.15, 0.2) is 0 Å². The molecule has 0 aliphatic carbocycles. The molecule has 0 aliphatic rings. The molecule has 0 aromatic carbocycles. The van der Waals surface area contributed by atoms with E-state index < -0.39 is 5.43 Å². The maximum atomic E-state index is 8.77. The van der Waals surface area contributed by atoms with Crippen LogP contribution in [0, 0.1) is 0 Å². The van der Waals surface area contributed by atoms with E-state index in [1.807, 2.05) is 0 Å². The maximum Gasteiger partial charge on any atom is 0.401 e. The van der Waals surface area contributed by atoms with E-state index in [1.54, 1.807) is 21.6 Å². The third kappa shape index (κ3) is 31.6. The number of aliphatic hydroxyl groups excluding tert-OH is 2. The first-order chi connectivity index (χ1) is 5.65. The van der Waals surface area contributed by atoms with Gasteiger partial charge in [0.05, 0.1) is 13.2 Å². The topological polar surface area (TPSA) is 77.8 Å². The highest BCUT2D eigenvalue weighted by molar-refractivity contribution is 8.76. The Hall–Kier alpha value is 0.380. The molecule has 0 saturated heterocycles. The molecule has 0 saturated carbocycles. The molecule has 0 bridgehead atoms. The van der Waals surface area contributed by atoms with E-state index in [9.17, 15) is 0 Å². The zero-order chi connectivity index (χ0) is 9.82. The Balaban J connectivity index is 0. The van der Waals surface area contributed by atoms with E-state index in [0.717, 1.165) is 11.5 Å². The number of halogens is 1. The molecule has 0 fully saturated rings. The normalized spacial score (nSPS) is 8.58. The summed E-state index contributed by atoms with van der Waals surface area (Å²) < 4.78 is 0. The molecule has 7 heteroatoms.